The van der Waals surface area contributed by atoms with Gasteiger partial charge in [0, 0.05) is 29.9 Å². The summed E-state index contributed by atoms with van der Waals surface area (Å²) in [5, 5.41) is 6.70. The first-order valence-corrected chi connectivity index (χ1v) is 12.3. The summed E-state index contributed by atoms with van der Waals surface area (Å²) in [5.41, 5.74) is 2.63. The third-order valence-corrected chi connectivity index (χ3v) is 6.41. The zero-order valence-electron chi connectivity index (χ0n) is 20.9. The van der Waals surface area contributed by atoms with E-state index in [2.05, 4.69) is 10.6 Å². The number of amides is 1. The Morgan fingerprint density at radius 2 is 1.78 bits per heavy atom. The van der Waals surface area contributed by atoms with Crippen LogP contribution in [0.1, 0.15) is 42.7 Å². The number of morpholine rings is 1. The molecule has 8 nitrogen and oxygen atoms in total. The topological polar surface area (TPSA) is 89.1 Å². The van der Waals surface area contributed by atoms with Crippen molar-refractivity contribution in [3.8, 4) is 11.5 Å². The van der Waals surface area contributed by atoms with Gasteiger partial charge in [0.05, 0.1) is 25.4 Å². The van der Waals surface area contributed by atoms with E-state index in [4.69, 9.17) is 26.4 Å². The molecular formula is C27H31N3O5S. The van der Waals surface area contributed by atoms with Gasteiger partial charge in [0.25, 0.3) is 5.91 Å². The SMILES string of the molecule is COc1cc([C@H]2NC(=S)NC(C)=C2C(=O)c2ccccc2)ccc1OCC(=O)N1C[C@@H](C)O[C@H](C)C1. The van der Waals surface area contributed by atoms with Gasteiger partial charge < -0.3 is 29.7 Å². The number of hydrogen-bond donors (Lipinski definition) is 2. The lowest BCUT2D eigenvalue weighted by molar-refractivity contribution is -0.145. The number of hydrogen-bond acceptors (Lipinski definition) is 6. The van der Waals surface area contributed by atoms with E-state index in [1.165, 1.54) is 7.11 Å². The van der Waals surface area contributed by atoms with Crippen molar-refractivity contribution >= 4 is 29.0 Å². The zero-order chi connectivity index (χ0) is 25.8. The van der Waals surface area contributed by atoms with Crippen LogP contribution in [0.15, 0.2) is 59.8 Å². The fourth-order valence-electron chi connectivity index (χ4n) is 4.59. The number of nitrogens with one attached hydrogen (secondary N) is 2. The van der Waals surface area contributed by atoms with E-state index < -0.39 is 6.04 Å². The van der Waals surface area contributed by atoms with Crippen LogP contribution in [0.5, 0.6) is 11.5 Å². The van der Waals surface area contributed by atoms with Crippen molar-refractivity contribution in [3.05, 3.63) is 70.9 Å². The number of nitrogens with zero attached hydrogens (tertiary/aromatic N) is 1. The normalized spacial score (nSPS) is 21.9. The summed E-state index contributed by atoms with van der Waals surface area (Å²) in [6.45, 7) is 6.70. The summed E-state index contributed by atoms with van der Waals surface area (Å²) in [6, 6.07) is 14.0. The molecule has 2 heterocycles. The number of methoxy groups -OCH3 is 1. The molecule has 0 spiro atoms. The van der Waals surface area contributed by atoms with Crippen LogP contribution in [0.2, 0.25) is 0 Å². The molecule has 2 N–H and O–H groups in total. The number of ether oxygens (including phenoxy) is 3. The number of carbonyl (C=O) groups excluding carboxylic acids is 2. The maximum absolute atomic E-state index is 13.4. The summed E-state index contributed by atoms with van der Waals surface area (Å²) in [5.74, 6) is 0.693. The number of rotatable bonds is 7. The van der Waals surface area contributed by atoms with Crippen LogP contribution < -0.4 is 20.1 Å². The molecular weight excluding hydrogens is 478 g/mol. The van der Waals surface area contributed by atoms with Gasteiger partial charge in [-0.1, -0.05) is 36.4 Å². The van der Waals surface area contributed by atoms with E-state index in [-0.39, 0.29) is 30.5 Å². The van der Waals surface area contributed by atoms with E-state index in [1.807, 2.05) is 45.0 Å². The molecule has 2 aliphatic heterocycles. The molecule has 3 atom stereocenters. The summed E-state index contributed by atoms with van der Waals surface area (Å²) < 4.78 is 17.1. The molecule has 2 aromatic rings. The van der Waals surface area contributed by atoms with E-state index in [0.29, 0.717) is 46.5 Å². The predicted molar refractivity (Wildman–Crippen MR) is 140 cm³/mol. The Hall–Kier alpha value is -3.43. The van der Waals surface area contributed by atoms with E-state index in [0.717, 1.165) is 5.56 Å². The molecule has 0 radical (unpaired) electrons. The van der Waals surface area contributed by atoms with Crippen LogP contribution in [-0.2, 0) is 9.53 Å². The first kappa shape index (κ1) is 25.7. The Kier molecular flexibility index (Phi) is 7.91. The number of thiocarbonyl (C=S) groups is 1. The molecule has 1 fully saturated rings. The first-order chi connectivity index (χ1) is 17.3. The van der Waals surface area contributed by atoms with Gasteiger partial charge >= 0.3 is 0 Å². The fraction of sp³-hybridized carbons (Fsp3) is 0.370. The molecule has 9 heteroatoms. The molecule has 1 saturated heterocycles. The van der Waals surface area contributed by atoms with Crippen LogP contribution in [0.25, 0.3) is 0 Å². The lowest BCUT2D eigenvalue weighted by atomic mass is 9.89. The highest BCUT2D eigenvalue weighted by atomic mass is 32.1. The summed E-state index contributed by atoms with van der Waals surface area (Å²) in [6.07, 6.45) is -0.0289. The Labute approximate surface area is 216 Å². The number of allylic oxidation sites excluding steroid dienone is 1. The van der Waals surface area contributed by atoms with Gasteiger partial charge in [-0.3, -0.25) is 9.59 Å². The fourth-order valence-corrected chi connectivity index (χ4v) is 4.86. The highest BCUT2D eigenvalue weighted by Gasteiger charge is 2.31. The third kappa shape index (κ3) is 5.68. The first-order valence-electron chi connectivity index (χ1n) is 11.9. The highest BCUT2D eigenvalue weighted by molar-refractivity contribution is 7.80. The van der Waals surface area contributed by atoms with E-state index >= 15 is 0 Å². The Balaban J connectivity index is 1.55. The van der Waals surface area contributed by atoms with Gasteiger partial charge in [-0.25, -0.2) is 0 Å². The lowest BCUT2D eigenvalue weighted by Gasteiger charge is -2.35. The maximum Gasteiger partial charge on any atom is 0.260 e. The Morgan fingerprint density at radius 3 is 2.44 bits per heavy atom. The van der Waals surface area contributed by atoms with Crippen LogP contribution >= 0.6 is 12.2 Å². The van der Waals surface area contributed by atoms with Crippen molar-refractivity contribution in [1.82, 2.24) is 15.5 Å². The Bertz CT molecular complexity index is 1170. The molecule has 2 aliphatic rings. The number of Topliss-reactive ketones (excluding diaryl/α,β-unsaturated/α-hetero) is 1. The average molecular weight is 510 g/mol. The second-order valence-corrected chi connectivity index (χ2v) is 9.43. The van der Waals surface area contributed by atoms with Crippen LogP contribution in [0.3, 0.4) is 0 Å². The summed E-state index contributed by atoms with van der Waals surface area (Å²) >= 11 is 5.38. The van der Waals surface area contributed by atoms with Crippen LogP contribution in [-0.4, -0.2) is 60.7 Å². The molecule has 36 heavy (non-hydrogen) atoms. The second kappa shape index (κ2) is 11.1. The quantitative estimate of drug-likeness (QED) is 0.434. The van der Waals surface area contributed by atoms with Gasteiger partial charge in [0.1, 0.15) is 0 Å². The van der Waals surface area contributed by atoms with Gasteiger partial charge in [0.2, 0.25) is 0 Å². The highest BCUT2D eigenvalue weighted by Crippen LogP contribution is 2.35. The molecule has 0 aliphatic carbocycles. The zero-order valence-corrected chi connectivity index (χ0v) is 21.7. The smallest absolute Gasteiger partial charge is 0.260 e. The Morgan fingerprint density at radius 1 is 1.08 bits per heavy atom. The summed E-state index contributed by atoms with van der Waals surface area (Å²) in [7, 11) is 1.54. The molecule has 0 unspecified atom stereocenters. The van der Waals surface area contributed by atoms with Gasteiger partial charge in [-0.05, 0) is 50.7 Å². The molecule has 2 aromatic carbocycles. The van der Waals surface area contributed by atoms with Gasteiger partial charge in [-0.2, -0.15) is 0 Å². The van der Waals surface area contributed by atoms with E-state index in [1.54, 1.807) is 29.2 Å². The standard InChI is InChI=1S/C27H31N3O5S/c1-16-13-30(14-17(2)35-16)23(31)15-34-21-11-10-20(12-22(21)33-4)25-24(18(3)28-27(36)29-25)26(32)19-8-6-5-7-9-19/h5-12,16-17,25H,13-15H2,1-4H3,(H2,28,29,36)/t16-,17-,25-/m1/s1. The minimum atomic E-state index is -0.479. The molecule has 0 bridgehead atoms. The number of benzene rings is 2. The number of carbonyl (C=O) groups is 2. The van der Waals surface area contributed by atoms with Crippen molar-refractivity contribution in [2.45, 2.75) is 39.0 Å². The van der Waals surface area contributed by atoms with Crippen LogP contribution in [0, 0.1) is 0 Å². The molecule has 0 aromatic heterocycles. The van der Waals surface area contributed by atoms with Crippen molar-refractivity contribution in [2.75, 3.05) is 26.8 Å². The predicted octanol–water partition coefficient (Wildman–Crippen LogP) is 3.39. The van der Waals surface area contributed by atoms with Crippen molar-refractivity contribution in [3.63, 3.8) is 0 Å². The average Bonchev–Trinajstić information content (AvgIpc) is 2.86. The molecule has 190 valence electrons. The third-order valence-electron chi connectivity index (χ3n) is 6.19. The minimum absolute atomic E-state index is 0.0145. The largest absolute Gasteiger partial charge is 0.493 e. The van der Waals surface area contributed by atoms with Gasteiger partial charge in [0.15, 0.2) is 29.0 Å². The summed E-state index contributed by atoms with van der Waals surface area (Å²) in [4.78, 5) is 27.9. The molecule has 0 saturated carbocycles. The van der Waals surface area contributed by atoms with Crippen molar-refractivity contribution in [1.29, 1.82) is 0 Å². The van der Waals surface area contributed by atoms with Gasteiger partial charge in [-0.15, -0.1) is 0 Å². The van der Waals surface area contributed by atoms with E-state index in [9.17, 15) is 9.59 Å². The number of ketones is 1. The minimum Gasteiger partial charge on any atom is -0.493 e. The lowest BCUT2D eigenvalue weighted by Crippen LogP contribution is -2.49. The van der Waals surface area contributed by atoms with Crippen molar-refractivity contribution < 1.29 is 23.8 Å². The monoisotopic (exact) mass is 509 g/mol. The maximum atomic E-state index is 13.4. The molecule has 1 amide bonds. The molecule has 4 rings (SSSR count). The van der Waals surface area contributed by atoms with Crippen LogP contribution in [0.4, 0.5) is 0 Å². The van der Waals surface area contributed by atoms with Crippen molar-refractivity contribution in [2.24, 2.45) is 0 Å². The second-order valence-electron chi connectivity index (χ2n) is 9.02.